The van der Waals surface area contributed by atoms with Crippen molar-refractivity contribution >= 4 is 34.8 Å². The fourth-order valence-corrected chi connectivity index (χ4v) is 3.07. The van der Waals surface area contributed by atoms with Crippen LogP contribution in [0.1, 0.15) is 44.6 Å². The SMILES string of the molecule is Cc1cc(Cl)c(NC(C)C(=O)NC2CCCCC2)cc1Cl. The molecule has 1 aliphatic rings. The van der Waals surface area contributed by atoms with Crippen molar-refractivity contribution in [3.05, 3.63) is 27.7 Å². The number of amides is 1. The van der Waals surface area contributed by atoms with Crippen molar-refractivity contribution in [2.75, 3.05) is 5.32 Å². The maximum atomic E-state index is 12.2. The van der Waals surface area contributed by atoms with Gasteiger partial charge in [0, 0.05) is 11.1 Å². The smallest absolute Gasteiger partial charge is 0.242 e. The molecule has 1 aromatic carbocycles. The second-order valence-electron chi connectivity index (χ2n) is 5.79. The molecule has 1 amide bonds. The van der Waals surface area contributed by atoms with Crippen LogP contribution in [0.25, 0.3) is 0 Å². The molecule has 0 saturated heterocycles. The van der Waals surface area contributed by atoms with Crippen molar-refractivity contribution in [3.63, 3.8) is 0 Å². The highest BCUT2D eigenvalue weighted by Crippen LogP contribution is 2.29. The van der Waals surface area contributed by atoms with E-state index in [1.54, 1.807) is 12.1 Å². The van der Waals surface area contributed by atoms with E-state index in [-0.39, 0.29) is 11.9 Å². The minimum atomic E-state index is -0.344. The molecule has 1 saturated carbocycles. The molecule has 2 rings (SSSR count). The lowest BCUT2D eigenvalue weighted by Crippen LogP contribution is -2.44. The molecule has 0 aromatic heterocycles. The number of nitrogens with one attached hydrogen (secondary N) is 2. The average Bonchev–Trinajstić information content (AvgIpc) is 2.45. The van der Waals surface area contributed by atoms with Crippen molar-refractivity contribution < 1.29 is 4.79 Å². The van der Waals surface area contributed by atoms with Crippen LogP contribution in [0, 0.1) is 6.92 Å². The van der Waals surface area contributed by atoms with Crippen molar-refractivity contribution in [3.8, 4) is 0 Å². The van der Waals surface area contributed by atoms with Gasteiger partial charge >= 0.3 is 0 Å². The van der Waals surface area contributed by atoms with Gasteiger partial charge in [0.15, 0.2) is 0 Å². The third kappa shape index (κ3) is 4.52. The highest BCUT2D eigenvalue weighted by Gasteiger charge is 2.20. The molecule has 0 heterocycles. The van der Waals surface area contributed by atoms with Gasteiger partial charge in [0.1, 0.15) is 6.04 Å². The molecule has 1 aromatic rings. The molecule has 3 nitrogen and oxygen atoms in total. The van der Waals surface area contributed by atoms with E-state index in [1.807, 2.05) is 13.8 Å². The molecular weight excluding hydrogens is 307 g/mol. The number of halogens is 2. The second-order valence-corrected chi connectivity index (χ2v) is 6.61. The van der Waals surface area contributed by atoms with Crippen LogP contribution in [0.4, 0.5) is 5.69 Å². The Kier molecular flexibility index (Phi) is 5.77. The van der Waals surface area contributed by atoms with Crippen LogP contribution in [-0.4, -0.2) is 18.0 Å². The van der Waals surface area contributed by atoms with E-state index in [2.05, 4.69) is 10.6 Å². The Labute approximate surface area is 136 Å². The quantitative estimate of drug-likeness (QED) is 0.851. The summed E-state index contributed by atoms with van der Waals surface area (Å²) in [6.45, 7) is 3.74. The van der Waals surface area contributed by atoms with Crippen LogP contribution < -0.4 is 10.6 Å². The topological polar surface area (TPSA) is 41.1 Å². The Morgan fingerprint density at radius 3 is 2.52 bits per heavy atom. The monoisotopic (exact) mass is 328 g/mol. The molecule has 0 aliphatic heterocycles. The third-order valence-electron chi connectivity index (χ3n) is 3.97. The van der Waals surface area contributed by atoms with E-state index in [1.165, 1.54) is 19.3 Å². The van der Waals surface area contributed by atoms with E-state index in [0.717, 1.165) is 18.4 Å². The Morgan fingerprint density at radius 1 is 1.19 bits per heavy atom. The zero-order chi connectivity index (χ0) is 15.4. The van der Waals surface area contributed by atoms with Gasteiger partial charge in [-0.05, 0) is 44.4 Å². The number of carbonyl (C=O) groups is 1. The molecule has 1 aliphatic carbocycles. The van der Waals surface area contributed by atoms with Crippen LogP contribution in [0.5, 0.6) is 0 Å². The predicted octanol–water partition coefficient (Wildman–Crippen LogP) is 4.55. The number of benzene rings is 1. The van der Waals surface area contributed by atoms with Gasteiger partial charge in [0.05, 0.1) is 10.7 Å². The molecular formula is C16H22Cl2N2O. The third-order valence-corrected chi connectivity index (χ3v) is 4.69. The lowest BCUT2D eigenvalue weighted by molar-refractivity contribution is -0.122. The van der Waals surface area contributed by atoms with Crippen LogP contribution in [0.2, 0.25) is 10.0 Å². The van der Waals surface area contributed by atoms with Gasteiger partial charge in [-0.3, -0.25) is 4.79 Å². The molecule has 0 radical (unpaired) electrons. The fourth-order valence-electron chi connectivity index (χ4n) is 2.63. The normalized spacial score (nSPS) is 17.3. The first-order chi connectivity index (χ1) is 9.97. The van der Waals surface area contributed by atoms with Gasteiger partial charge in [-0.15, -0.1) is 0 Å². The Balaban J connectivity index is 1.95. The van der Waals surface area contributed by atoms with Gasteiger partial charge in [-0.25, -0.2) is 0 Å². The van der Waals surface area contributed by atoms with Gasteiger partial charge in [0.25, 0.3) is 0 Å². The maximum absolute atomic E-state index is 12.2. The fraction of sp³-hybridized carbons (Fsp3) is 0.562. The lowest BCUT2D eigenvalue weighted by atomic mass is 9.95. The molecule has 21 heavy (non-hydrogen) atoms. The minimum Gasteiger partial charge on any atom is -0.373 e. The van der Waals surface area contributed by atoms with E-state index in [4.69, 9.17) is 23.2 Å². The standard InChI is InChI=1S/C16H22Cl2N2O/c1-10-8-14(18)15(9-13(10)17)19-11(2)16(21)20-12-6-4-3-5-7-12/h8-9,11-12,19H,3-7H2,1-2H3,(H,20,21). The molecule has 2 N–H and O–H groups in total. The van der Waals surface area contributed by atoms with E-state index < -0.39 is 0 Å². The van der Waals surface area contributed by atoms with E-state index in [0.29, 0.717) is 21.8 Å². The van der Waals surface area contributed by atoms with Crippen LogP contribution in [0.15, 0.2) is 12.1 Å². The second kappa shape index (κ2) is 7.37. The van der Waals surface area contributed by atoms with Gasteiger partial charge in [-0.1, -0.05) is 42.5 Å². The summed E-state index contributed by atoms with van der Waals surface area (Å²) in [6, 6.07) is 3.54. The summed E-state index contributed by atoms with van der Waals surface area (Å²) >= 11 is 12.3. The number of aryl methyl sites for hydroxylation is 1. The summed E-state index contributed by atoms with van der Waals surface area (Å²) in [6.07, 6.45) is 5.83. The van der Waals surface area contributed by atoms with Crippen LogP contribution >= 0.6 is 23.2 Å². The molecule has 0 bridgehead atoms. The first kappa shape index (κ1) is 16.4. The van der Waals surface area contributed by atoms with E-state index in [9.17, 15) is 4.79 Å². The zero-order valence-electron chi connectivity index (χ0n) is 12.5. The number of anilines is 1. The highest BCUT2D eigenvalue weighted by molar-refractivity contribution is 6.35. The maximum Gasteiger partial charge on any atom is 0.242 e. The lowest BCUT2D eigenvalue weighted by Gasteiger charge is -2.25. The molecule has 5 heteroatoms. The van der Waals surface area contributed by atoms with Gasteiger partial charge in [-0.2, -0.15) is 0 Å². The van der Waals surface area contributed by atoms with Crippen molar-refractivity contribution in [1.29, 1.82) is 0 Å². The summed E-state index contributed by atoms with van der Waals surface area (Å²) in [7, 11) is 0. The molecule has 0 spiro atoms. The van der Waals surface area contributed by atoms with Crippen molar-refractivity contribution in [2.24, 2.45) is 0 Å². The summed E-state index contributed by atoms with van der Waals surface area (Å²) in [5.41, 5.74) is 1.62. The summed E-state index contributed by atoms with van der Waals surface area (Å²) < 4.78 is 0. The largest absolute Gasteiger partial charge is 0.373 e. The Morgan fingerprint density at radius 2 is 1.86 bits per heavy atom. The van der Waals surface area contributed by atoms with Crippen LogP contribution in [0.3, 0.4) is 0 Å². The average molecular weight is 329 g/mol. The predicted molar refractivity (Wildman–Crippen MR) is 89.3 cm³/mol. The van der Waals surface area contributed by atoms with Crippen molar-refractivity contribution in [1.82, 2.24) is 5.32 Å². The molecule has 1 fully saturated rings. The first-order valence-electron chi connectivity index (χ1n) is 7.50. The number of rotatable bonds is 4. The Hall–Kier alpha value is -0.930. The number of hydrogen-bond acceptors (Lipinski definition) is 2. The van der Waals surface area contributed by atoms with Gasteiger partial charge < -0.3 is 10.6 Å². The van der Waals surface area contributed by atoms with Gasteiger partial charge in [0.2, 0.25) is 5.91 Å². The molecule has 1 atom stereocenters. The highest BCUT2D eigenvalue weighted by atomic mass is 35.5. The Bertz CT molecular complexity index is 513. The molecule has 1 unspecified atom stereocenters. The zero-order valence-corrected chi connectivity index (χ0v) is 14.0. The minimum absolute atomic E-state index is 0.00895. The first-order valence-corrected chi connectivity index (χ1v) is 8.25. The van der Waals surface area contributed by atoms with Crippen LogP contribution in [-0.2, 0) is 4.79 Å². The number of carbonyl (C=O) groups excluding carboxylic acids is 1. The summed E-state index contributed by atoms with van der Waals surface area (Å²) in [5, 5.41) is 7.46. The number of hydrogen-bond donors (Lipinski definition) is 2. The van der Waals surface area contributed by atoms with E-state index >= 15 is 0 Å². The van der Waals surface area contributed by atoms with Crippen molar-refractivity contribution in [2.45, 2.75) is 58.0 Å². The molecule has 116 valence electrons. The summed E-state index contributed by atoms with van der Waals surface area (Å²) in [5.74, 6) is 0.00895. The summed E-state index contributed by atoms with van der Waals surface area (Å²) in [4.78, 5) is 12.2.